The largest absolute Gasteiger partial charge is 0.493 e. The number of anilines is 1. The van der Waals surface area contributed by atoms with E-state index in [2.05, 4.69) is 22.8 Å². The van der Waals surface area contributed by atoms with Crippen LogP contribution in [0, 0.1) is 5.92 Å². The lowest BCUT2D eigenvalue weighted by atomic mass is 9.88. The molecule has 0 spiro atoms. The summed E-state index contributed by atoms with van der Waals surface area (Å²) in [7, 11) is 1.42. The standard InChI is InChI=1S/C31H28ClN3O7S2/c1-4-41-30(38)24-18-11-9-16(2)13-23(18)44-29(24)34-27(36)28(37)35-33-15-17-10-12-20(21(14-17)40-3)42-31(39)26-25(32)19-7-5-6-8-22(19)43-26/h5-8,10,12,14-16H,4,9,11,13H2,1-3H3,(H,34,36)(H,35,37)/b33-15-/t16-/m0/s1. The molecule has 5 rings (SSSR count). The molecule has 2 aromatic heterocycles. The van der Waals surface area contributed by atoms with Gasteiger partial charge in [0.25, 0.3) is 0 Å². The van der Waals surface area contributed by atoms with E-state index < -0.39 is 23.8 Å². The third-order valence-electron chi connectivity index (χ3n) is 6.91. The second-order valence-electron chi connectivity index (χ2n) is 9.97. The van der Waals surface area contributed by atoms with Crippen LogP contribution in [-0.2, 0) is 27.2 Å². The number of benzene rings is 2. The number of esters is 2. The minimum Gasteiger partial charge on any atom is -0.493 e. The van der Waals surface area contributed by atoms with Crippen molar-refractivity contribution in [3.05, 3.63) is 73.9 Å². The number of fused-ring (bicyclic) bond motifs is 2. The molecule has 0 saturated carbocycles. The van der Waals surface area contributed by atoms with Crippen LogP contribution < -0.4 is 20.2 Å². The molecule has 2 aromatic carbocycles. The molecule has 44 heavy (non-hydrogen) atoms. The normalized spacial score (nSPS) is 14.2. The zero-order chi connectivity index (χ0) is 31.4. The van der Waals surface area contributed by atoms with Crippen LogP contribution in [0.4, 0.5) is 5.00 Å². The Morgan fingerprint density at radius 1 is 1.07 bits per heavy atom. The summed E-state index contributed by atoms with van der Waals surface area (Å²) in [6.07, 6.45) is 3.72. The van der Waals surface area contributed by atoms with E-state index in [9.17, 15) is 19.2 Å². The summed E-state index contributed by atoms with van der Waals surface area (Å²) in [5, 5.41) is 7.80. The summed E-state index contributed by atoms with van der Waals surface area (Å²) >= 11 is 8.93. The van der Waals surface area contributed by atoms with Gasteiger partial charge in [-0.3, -0.25) is 9.59 Å². The maximum absolute atomic E-state index is 12.9. The number of carbonyl (C=O) groups is 4. The maximum Gasteiger partial charge on any atom is 0.355 e. The Morgan fingerprint density at radius 2 is 1.86 bits per heavy atom. The Bertz CT molecular complexity index is 1800. The monoisotopic (exact) mass is 653 g/mol. The van der Waals surface area contributed by atoms with Gasteiger partial charge in [-0.25, -0.2) is 15.0 Å². The topological polar surface area (TPSA) is 132 Å². The highest BCUT2D eigenvalue weighted by Crippen LogP contribution is 2.40. The first-order valence-corrected chi connectivity index (χ1v) is 15.7. The summed E-state index contributed by atoms with van der Waals surface area (Å²) in [4.78, 5) is 52.1. The molecular weight excluding hydrogens is 626 g/mol. The van der Waals surface area contributed by atoms with Crippen molar-refractivity contribution in [3.63, 3.8) is 0 Å². The van der Waals surface area contributed by atoms with Crippen LogP contribution in [-0.4, -0.2) is 43.7 Å². The number of hydrogen-bond acceptors (Lipinski definition) is 10. The molecule has 1 aliphatic rings. The SMILES string of the molecule is CCOC(=O)c1c(NC(=O)C(=O)N/N=C\c2ccc(OC(=O)c3sc4ccccc4c3Cl)c(OC)c2)sc2c1CC[C@H](C)C2. The number of ether oxygens (including phenoxy) is 3. The number of thiophene rings is 2. The fourth-order valence-electron chi connectivity index (χ4n) is 4.77. The molecule has 1 atom stereocenters. The summed E-state index contributed by atoms with van der Waals surface area (Å²) < 4.78 is 17.0. The third kappa shape index (κ3) is 6.62. The third-order valence-corrected chi connectivity index (χ3v) is 9.74. The highest BCUT2D eigenvalue weighted by atomic mass is 35.5. The number of nitrogens with one attached hydrogen (secondary N) is 2. The highest BCUT2D eigenvalue weighted by Gasteiger charge is 2.30. The molecule has 0 bridgehead atoms. The first-order chi connectivity index (χ1) is 21.2. The van der Waals surface area contributed by atoms with Gasteiger partial charge in [-0.1, -0.05) is 36.7 Å². The molecule has 0 saturated heterocycles. The van der Waals surface area contributed by atoms with Gasteiger partial charge >= 0.3 is 23.8 Å². The van der Waals surface area contributed by atoms with E-state index in [0.29, 0.717) is 33.5 Å². The van der Waals surface area contributed by atoms with Crippen LogP contribution in [0.5, 0.6) is 11.5 Å². The van der Waals surface area contributed by atoms with Crippen LogP contribution >= 0.6 is 34.3 Å². The zero-order valence-electron chi connectivity index (χ0n) is 24.0. The predicted octanol–water partition coefficient (Wildman–Crippen LogP) is 6.23. The summed E-state index contributed by atoms with van der Waals surface area (Å²) in [5.74, 6) is -2.28. The van der Waals surface area contributed by atoms with Gasteiger partial charge in [0.05, 0.1) is 30.5 Å². The van der Waals surface area contributed by atoms with E-state index in [-0.39, 0.29) is 23.0 Å². The molecule has 2 N–H and O–H groups in total. The van der Waals surface area contributed by atoms with Gasteiger partial charge in [-0.05, 0) is 67.5 Å². The number of rotatable bonds is 8. The molecule has 2 amide bonds. The van der Waals surface area contributed by atoms with Gasteiger partial charge in [-0.2, -0.15) is 5.10 Å². The average molecular weight is 654 g/mol. The van der Waals surface area contributed by atoms with Gasteiger partial charge in [-0.15, -0.1) is 22.7 Å². The molecule has 10 nitrogen and oxygen atoms in total. The van der Waals surface area contributed by atoms with Crippen molar-refractivity contribution >= 4 is 79.3 Å². The second kappa shape index (κ2) is 13.6. The summed E-state index contributed by atoms with van der Waals surface area (Å²) in [5.41, 5.74) is 3.86. The van der Waals surface area contributed by atoms with Gasteiger partial charge in [0.1, 0.15) is 9.88 Å². The first-order valence-electron chi connectivity index (χ1n) is 13.7. The lowest BCUT2D eigenvalue weighted by molar-refractivity contribution is -0.136. The van der Waals surface area contributed by atoms with E-state index in [4.69, 9.17) is 25.8 Å². The van der Waals surface area contributed by atoms with E-state index in [0.717, 1.165) is 33.4 Å². The maximum atomic E-state index is 12.9. The Hall–Kier alpha value is -4.26. The minimum atomic E-state index is -1.02. The fourth-order valence-corrected chi connectivity index (χ4v) is 7.55. The van der Waals surface area contributed by atoms with Crippen molar-refractivity contribution in [1.82, 2.24) is 5.43 Å². The number of hydrogen-bond donors (Lipinski definition) is 2. The fraction of sp³-hybridized carbons (Fsp3) is 0.258. The predicted molar refractivity (Wildman–Crippen MR) is 171 cm³/mol. The lowest BCUT2D eigenvalue weighted by Crippen LogP contribution is -2.32. The molecule has 1 aliphatic carbocycles. The van der Waals surface area contributed by atoms with Gasteiger partial charge in [0.15, 0.2) is 11.5 Å². The Morgan fingerprint density at radius 3 is 2.61 bits per heavy atom. The summed E-state index contributed by atoms with van der Waals surface area (Å²) in [6.45, 7) is 4.03. The molecule has 4 aromatic rings. The number of halogens is 1. The Balaban J connectivity index is 1.23. The van der Waals surface area contributed by atoms with E-state index in [1.165, 1.54) is 42.1 Å². The second-order valence-corrected chi connectivity index (χ2v) is 12.5. The molecule has 13 heteroatoms. The number of carbonyl (C=O) groups excluding carboxylic acids is 4. The quantitative estimate of drug-likeness (QED) is 0.0757. The Kier molecular flexibility index (Phi) is 9.62. The van der Waals surface area contributed by atoms with Crippen LogP contribution in [0.15, 0.2) is 47.6 Å². The van der Waals surface area contributed by atoms with Gasteiger partial charge in [0.2, 0.25) is 0 Å². The van der Waals surface area contributed by atoms with Gasteiger partial charge in [0, 0.05) is 15.0 Å². The first kappa shape index (κ1) is 31.2. The smallest absolute Gasteiger partial charge is 0.355 e. The molecule has 0 fully saturated rings. The van der Waals surface area contributed by atoms with Gasteiger partial charge < -0.3 is 19.5 Å². The molecule has 0 radical (unpaired) electrons. The van der Waals surface area contributed by atoms with Crippen molar-refractivity contribution in [2.45, 2.75) is 33.1 Å². The lowest BCUT2D eigenvalue weighted by Gasteiger charge is -2.18. The molecule has 228 valence electrons. The van der Waals surface area contributed by atoms with E-state index in [1.54, 1.807) is 19.1 Å². The zero-order valence-corrected chi connectivity index (χ0v) is 26.4. The number of amides is 2. The van der Waals surface area contributed by atoms with Crippen molar-refractivity contribution in [1.29, 1.82) is 0 Å². The van der Waals surface area contributed by atoms with E-state index >= 15 is 0 Å². The summed E-state index contributed by atoms with van der Waals surface area (Å²) in [6, 6.07) is 12.1. The van der Waals surface area contributed by atoms with Crippen molar-refractivity contribution in [2.75, 3.05) is 19.0 Å². The minimum absolute atomic E-state index is 0.164. The highest BCUT2D eigenvalue weighted by molar-refractivity contribution is 7.21. The van der Waals surface area contributed by atoms with Crippen LogP contribution in [0.3, 0.4) is 0 Å². The van der Waals surface area contributed by atoms with E-state index in [1.807, 2.05) is 24.3 Å². The number of nitrogens with zero attached hydrogens (tertiary/aromatic N) is 1. The van der Waals surface area contributed by atoms with Crippen LogP contribution in [0.25, 0.3) is 10.1 Å². The Labute approximate surface area is 266 Å². The number of methoxy groups -OCH3 is 1. The van der Waals surface area contributed by atoms with Crippen molar-refractivity contribution < 1.29 is 33.4 Å². The molecule has 0 aliphatic heterocycles. The molecular formula is C31H28ClN3O7S2. The molecule has 2 heterocycles. The van der Waals surface area contributed by atoms with Crippen molar-refractivity contribution in [3.8, 4) is 11.5 Å². The van der Waals surface area contributed by atoms with Crippen molar-refractivity contribution in [2.24, 2.45) is 11.0 Å². The van der Waals surface area contributed by atoms with Crippen LogP contribution in [0.1, 0.15) is 56.3 Å². The number of hydrazone groups is 1. The molecule has 0 unspecified atom stereocenters. The average Bonchev–Trinajstić information content (AvgIpc) is 3.54. The van der Waals surface area contributed by atoms with Crippen LogP contribution in [0.2, 0.25) is 5.02 Å².